The molecule has 0 unspecified atom stereocenters. The third-order valence-corrected chi connectivity index (χ3v) is 4.06. The van der Waals surface area contributed by atoms with Crippen molar-refractivity contribution in [3.8, 4) is 0 Å². The van der Waals surface area contributed by atoms with Gasteiger partial charge in [0.25, 0.3) is 5.91 Å². The quantitative estimate of drug-likeness (QED) is 0.542. The van der Waals surface area contributed by atoms with Gasteiger partial charge in [-0.3, -0.25) is 9.59 Å². The van der Waals surface area contributed by atoms with E-state index in [4.69, 9.17) is 4.74 Å². The summed E-state index contributed by atoms with van der Waals surface area (Å²) in [5, 5.41) is 16.2. The number of hydrogen-bond acceptors (Lipinski definition) is 7. The van der Waals surface area contributed by atoms with Crippen LogP contribution in [0.4, 0.5) is 11.4 Å². The van der Waals surface area contributed by atoms with Crippen LogP contribution in [-0.4, -0.2) is 44.6 Å². The summed E-state index contributed by atoms with van der Waals surface area (Å²) >= 11 is 0. The summed E-state index contributed by atoms with van der Waals surface area (Å²) < 4.78 is 6.49. The largest absolute Gasteiger partial charge is 0.454 e. The van der Waals surface area contributed by atoms with Crippen LogP contribution in [-0.2, 0) is 25.5 Å². The zero-order valence-electron chi connectivity index (χ0n) is 16.2. The molecule has 2 amide bonds. The van der Waals surface area contributed by atoms with Gasteiger partial charge in [-0.15, -0.1) is 5.10 Å². The summed E-state index contributed by atoms with van der Waals surface area (Å²) in [6, 6.07) is 15.1. The summed E-state index contributed by atoms with van der Waals surface area (Å²) in [5.74, 6) is -1.31. The van der Waals surface area contributed by atoms with Crippen LogP contribution in [0.15, 0.2) is 60.9 Å². The number of benzene rings is 2. The average Bonchev–Trinajstić information content (AvgIpc) is 3.26. The first-order valence-corrected chi connectivity index (χ1v) is 9.12. The van der Waals surface area contributed by atoms with Crippen molar-refractivity contribution in [2.45, 2.75) is 19.4 Å². The highest BCUT2D eigenvalue weighted by molar-refractivity contribution is 5.94. The van der Waals surface area contributed by atoms with Gasteiger partial charge in [-0.25, -0.2) is 9.48 Å². The van der Waals surface area contributed by atoms with Gasteiger partial charge in [-0.05, 0) is 40.3 Å². The Labute approximate surface area is 172 Å². The Balaban J connectivity index is 1.56. The number of rotatable bonds is 8. The maximum atomic E-state index is 12.6. The number of anilines is 2. The summed E-state index contributed by atoms with van der Waals surface area (Å²) in [7, 11) is 0. The monoisotopic (exact) mass is 408 g/mol. The maximum Gasteiger partial charge on any atom is 0.331 e. The van der Waals surface area contributed by atoms with Gasteiger partial charge >= 0.3 is 5.97 Å². The molecule has 0 bridgehead atoms. The second kappa shape index (κ2) is 9.92. The van der Waals surface area contributed by atoms with Crippen LogP contribution in [0, 0.1) is 0 Å². The zero-order chi connectivity index (χ0) is 21.3. The topological polar surface area (TPSA) is 128 Å². The van der Waals surface area contributed by atoms with E-state index in [0.717, 1.165) is 5.56 Å². The first-order chi connectivity index (χ1) is 14.5. The molecule has 1 atom stereocenters. The molecule has 10 heteroatoms. The highest BCUT2D eigenvalue weighted by Gasteiger charge is 2.24. The SMILES string of the molecule is CC(=O)Nc1ccc(NC(=O)COC(=O)[C@H](Cc2ccccc2)n2cnnn2)cc1. The second-order valence-electron chi connectivity index (χ2n) is 6.41. The Morgan fingerprint density at radius 3 is 2.27 bits per heavy atom. The summed E-state index contributed by atoms with van der Waals surface area (Å²) in [6.07, 6.45) is 1.64. The van der Waals surface area contributed by atoms with Crippen molar-refractivity contribution < 1.29 is 19.1 Å². The van der Waals surface area contributed by atoms with Crippen LogP contribution in [0.1, 0.15) is 18.5 Å². The fraction of sp³-hybridized carbons (Fsp3) is 0.200. The molecule has 3 rings (SSSR count). The van der Waals surface area contributed by atoms with E-state index in [1.54, 1.807) is 24.3 Å². The zero-order valence-corrected chi connectivity index (χ0v) is 16.2. The second-order valence-corrected chi connectivity index (χ2v) is 6.41. The minimum Gasteiger partial charge on any atom is -0.454 e. The van der Waals surface area contributed by atoms with Crippen LogP contribution in [0.2, 0.25) is 0 Å². The number of hydrogen-bond donors (Lipinski definition) is 2. The van der Waals surface area contributed by atoms with Crippen LogP contribution in [0.5, 0.6) is 0 Å². The first kappa shape index (κ1) is 20.6. The van der Waals surface area contributed by atoms with Crippen molar-refractivity contribution in [3.63, 3.8) is 0 Å². The molecule has 0 saturated carbocycles. The molecule has 30 heavy (non-hydrogen) atoms. The van der Waals surface area contributed by atoms with E-state index in [-0.39, 0.29) is 5.91 Å². The lowest BCUT2D eigenvalue weighted by Crippen LogP contribution is -2.28. The molecule has 2 aromatic carbocycles. The first-order valence-electron chi connectivity index (χ1n) is 9.12. The lowest BCUT2D eigenvalue weighted by atomic mass is 10.1. The van der Waals surface area contributed by atoms with Gasteiger partial charge in [-0.1, -0.05) is 30.3 Å². The van der Waals surface area contributed by atoms with Crippen molar-refractivity contribution in [1.82, 2.24) is 20.2 Å². The van der Waals surface area contributed by atoms with Gasteiger partial charge in [0.15, 0.2) is 12.6 Å². The molecule has 0 fully saturated rings. The number of nitrogens with one attached hydrogen (secondary N) is 2. The highest BCUT2D eigenvalue weighted by atomic mass is 16.5. The Morgan fingerprint density at radius 2 is 1.67 bits per heavy atom. The fourth-order valence-corrected chi connectivity index (χ4v) is 2.70. The van der Waals surface area contributed by atoms with Crippen molar-refractivity contribution >= 4 is 29.2 Å². The van der Waals surface area contributed by atoms with E-state index in [2.05, 4.69) is 26.2 Å². The van der Waals surface area contributed by atoms with E-state index in [1.807, 2.05) is 30.3 Å². The van der Waals surface area contributed by atoms with E-state index in [0.29, 0.717) is 17.8 Å². The Morgan fingerprint density at radius 1 is 1.00 bits per heavy atom. The number of ether oxygens (including phenoxy) is 1. The maximum absolute atomic E-state index is 12.6. The number of carbonyl (C=O) groups excluding carboxylic acids is 3. The minimum absolute atomic E-state index is 0.189. The Hall–Kier alpha value is -4.08. The number of nitrogens with zero attached hydrogens (tertiary/aromatic N) is 4. The smallest absolute Gasteiger partial charge is 0.331 e. The van der Waals surface area contributed by atoms with Gasteiger partial charge in [0.05, 0.1) is 0 Å². The van der Waals surface area contributed by atoms with Gasteiger partial charge < -0.3 is 15.4 Å². The molecule has 1 heterocycles. The van der Waals surface area contributed by atoms with Crippen molar-refractivity contribution in [2.75, 3.05) is 17.2 Å². The highest BCUT2D eigenvalue weighted by Crippen LogP contribution is 2.16. The molecule has 0 radical (unpaired) electrons. The van der Waals surface area contributed by atoms with E-state index in [9.17, 15) is 14.4 Å². The summed E-state index contributed by atoms with van der Waals surface area (Å²) in [5.41, 5.74) is 2.02. The minimum atomic E-state index is -0.799. The van der Waals surface area contributed by atoms with E-state index >= 15 is 0 Å². The third kappa shape index (κ3) is 5.96. The molecule has 0 aliphatic heterocycles. The molecule has 3 aromatic rings. The molecular weight excluding hydrogens is 388 g/mol. The predicted octanol–water partition coefficient (Wildman–Crippen LogP) is 1.60. The number of carbonyl (C=O) groups is 3. The fourth-order valence-electron chi connectivity index (χ4n) is 2.70. The average molecular weight is 408 g/mol. The number of esters is 1. The molecule has 0 aliphatic rings. The Kier molecular flexibility index (Phi) is 6.83. The normalized spacial score (nSPS) is 11.4. The Bertz CT molecular complexity index is 990. The molecule has 2 N–H and O–H groups in total. The van der Waals surface area contributed by atoms with Crippen molar-refractivity contribution in [3.05, 3.63) is 66.5 Å². The van der Waals surface area contributed by atoms with Gasteiger partial charge in [0.1, 0.15) is 6.33 Å². The van der Waals surface area contributed by atoms with Gasteiger partial charge in [0, 0.05) is 24.7 Å². The van der Waals surface area contributed by atoms with Crippen LogP contribution < -0.4 is 10.6 Å². The van der Waals surface area contributed by atoms with Gasteiger partial charge in [-0.2, -0.15) is 0 Å². The number of aromatic nitrogens is 4. The van der Waals surface area contributed by atoms with Crippen molar-refractivity contribution in [1.29, 1.82) is 0 Å². The van der Waals surface area contributed by atoms with Crippen LogP contribution in [0.25, 0.3) is 0 Å². The van der Waals surface area contributed by atoms with E-state index < -0.39 is 24.5 Å². The standard InChI is InChI=1S/C20H20N6O4/c1-14(27)22-16-7-9-17(10-8-16)23-19(28)12-30-20(29)18(26-13-21-24-25-26)11-15-5-3-2-4-6-15/h2-10,13,18H,11-12H2,1H3,(H,22,27)(H,23,28)/t18-/m0/s1. The van der Waals surface area contributed by atoms with Crippen LogP contribution in [0.3, 0.4) is 0 Å². The lowest BCUT2D eigenvalue weighted by Gasteiger charge is -2.15. The van der Waals surface area contributed by atoms with Crippen LogP contribution >= 0.6 is 0 Å². The molecular formula is C20H20N6O4. The molecule has 0 spiro atoms. The summed E-state index contributed by atoms with van der Waals surface area (Å²) in [6.45, 7) is 0.949. The van der Waals surface area contributed by atoms with Gasteiger partial charge in [0.2, 0.25) is 5.91 Å². The predicted molar refractivity (Wildman–Crippen MR) is 107 cm³/mol. The third-order valence-electron chi connectivity index (χ3n) is 4.06. The molecule has 1 aromatic heterocycles. The molecule has 0 saturated heterocycles. The molecule has 10 nitrogen and oxygen atoms in total. The summed E-state index contributed by atoms with van der Waals surface area (Å²) in [4.78, 5) is 35.8. The van der Waals surface area contributed by atoms with E-state index in [1.165, 1.54) is 17.9 Å². The lowest BCUT2D eigenvalue weighted by molar-refractivity contribution is -0.151. The molecule has 154 valence electrons. The number of amides is 2. The molecule has 0 aliphatic carbocycles. The number of tetrazole rings is 1. The van der Waals surface area contributed by atoms with Crippen molar-refractivity contribution in [2.24, 2.45) is 0 Å².